The molecule has 0 aliphatic rings. The van der Waals surface area contributed by atoms with Crippen LogP contribution in [0, 0.1) is 0 Å². The second-order valence-corrected chi connectivity index (χ2v) is 4.39. The number of nitrogens with one attached hydrogen (secondary N) is 1. The number of carbonyl (C=O) groups is 3. The van der Waals surface area contributed by atoms with Crippen LogP contribution in [-0.4, -0.2) is 58.1 Å². The lowest BCUT2D eigenvalue weighted by atomic mass is 10.1. The fourth-order valence-electron chi connectivity index (χ4n) is 1.66. The SMILES string of the molecule is CCC(CC)NC(=O)C(C)N(CC(=O)O)CC(=O)O. The zero-order chi connectivity index (χ0) is 15.0. The molecule has 0 saturated carbocycles. The summed E-state index contributed by atoms with van der Waals surface area (Å²) < 4.78 is 0. The Morgan fingerprint density at radius 1 is 1.05 bits per heavy atom. The summed E-state index contributed by atoms with van der Waals surface area (Å²) in [6, 6.07) is -0.778. The van der Waals surface area contributed by atoms with Gasteiger partial charge in [-0.25, -0.2) is 0 Å². The van der Waals surface area contributed by atoms with Crippen LogP contribution in [0.15, 0.2) is 0 Å². The zero-order valence-corrected chi connectivity index (χ0v) is 11.5. The van der Waals surface area contributed by atoms with Gasteiger partial charge in [0.25, 0.3) is 0 Å². The van der Waals surface area contributed by atoms with Crippen LogP contribution in [-0.2, 0) is 14.4 Å². The topological polar surface area (TPSA) is 107 Å². The summed E-state index contributed by atoms with van der Waals surface area (Å²) in [5, 5.41) is 20.2. The number of hydrogen-bond donors (Lipinski definition) is 3. The monoisotopic (exact) mass is 274 g/mol. The van der Waals surface area contributed by atoms with Gasteiger partial charge in [0.1, 0.15) is 0 Å². The minimum Gasteiger partial charge on any atom is -0.480 e. The van der Waals surface area contributed by atoms with E-state index in [1.165, 1.54) is 6.92 Å². The van der Waals surface area contributed by atoms with Crippen molar-refractivity contribution in [2.24, 2.45) is 0 Å². The second kappa shape index (κ2) is 8.47. The van der Waals surface area contributed by atoms with E-state index in [2.05, 4.69) is 5.32 Å². The summed E-state index contributed by atoms with van der Waals surface area (Å²) in [6.45, 7) is 4.41. The number of carboxylic acid groups (broad SMARTS) is 2. The third-order valence-corrected chi connectivity index (χ3v) is 2.94. The summed E-state index contributed by atoms with van der Waals surface area (Å²) in [4.78, 5) is 34.4. The molecule has 0 aromatic carbocycles. The predicted octanol–water partition coefficient (Wildman–Crippen LogP) is 0.151. The molecule has 3 N–H and O–H groups in total. The highest BCUT2D eigenvalue weighted by Gasteiger charge is 2.26. The van der Waals surface area contributed by atoms with E-state index >= 15 is 0 Å². The number of hydrogen-bond acceptors (Lipinski definition) is 4. The molecule has 7 nitrogen and oxygen atoms in total. The lowest BCUT2D eigenvalue weighted by Crippen LogP contribution is -2.50. The predicted molar refractivity (Wildman–Crippen MR) is 68.8 cm³/mol. The fourth-order valence-corrected chi connectivity index (χ4v) is 1.66. The van der Waals surface area contributed by atoms with E-state index in [1.807, 2.05) is 13.8 Å². The van der Waals surface area contributed by atoms with Crippen molar-refractivity contribution in [3.63, 3.8) is 0 Å². The molecular formula is C12H22N2O5. The van der Waals surface area contributed by atoms with Crippen LogP contribution < -0.4 is 5.32 Å². The molecule has 1 amide bonds. The number of carboxylic acids is 2. The summed E-state index contributed by atoms with van der Waals surface area (Å²) in [5.41, 5.74) is 0. The summed E-state index contributed by atoms with van der Waals surface area (Å²) in [6.07, 6.45) is 1.54. The maximum atomic E-state index is 11.9. The molecule has 110 valence electrons. The Labute approximate surface area is 112 Å². The molecule has 0 radical (unpaired) electrons. The van der Waals surface area contributed by atoms with Crippen molar-refractivity contribution in [1.29, 1.82) is 0 Å². The van der Waals surface area contributed by atoms with Crippen molar-refractivity contribution >= 4 is 17.8 Å². The van der Waals surface area contributed by atoms with E-state index in [9.17, 15) is 14.4 Å². The van der Waals surface area contributed by atoms with Crippen LogP contribution in [0.4, 0.5) is 0 Å². The summed E-state index contributed by atoms with van der Waals surface area (Å²) in [7, 11) is 0. The molecule has 19 heavy (non-hydrogen) atoms. The number of nitrogens with zero attached hydrogens (tertiary/aromatic N) is 1. The van der Waals surface area contributed by atoms with E-state index in [0.717, 1.165) is 17.7 Å². The van der Waals surface area contributed by atoms with Crippen molar-refractivity contribution in [1.82, 2.24) is 10.2 Å². The highest BCUT2D eigenvalue weighted by Crippen LogP contribution is 2.03. The van der Waals surface area contributed by atoms with Crippen LogP contribution >= 0.6 is 0 Å². The van der Waals surface area contributed by atoms with Crippen LogP contribution in [0.3, 0.4) is 0 Å². The molecule has 0 aromatic rings. The van der Waals surface area contributed by atoms with Crippen LogP contribution in [0.2, 0.25) is 0 Å². The second-order valence-electron chi connectivity index (χ2n) is 4.39. The molecule has 0 aliphatic carbocycles. The number of rotatable bonds is 9. The van der Waals surface area contributed by atoms with Crippen LogP contribution in [0.1, 0.15) is 33.6 Å². The standard InChI is InChI=1S/C12H22N2O5/c1-4-9(5-2)13-12(19)8(3)14(6-10(15)16)7-11(17)18/h8-9H,4-7H2,1-3H3,(H,13,19)(H,15,16)(H,17,18). The summed E-state index contributed by atoms with van der Waals surface area (Å²) >= 11 is 0. The van der Waals surface area contributed by atoms with E-state index in [4.69, 9.17) is 10.2 Å². The largest absolute Gasteiger partial charge is 0.480 e. The first-order valence-corrected chi connectivity index (χ1v) is 6.29. The highest BCUT2D eigenvalue weighted by molar-refractivity contribution is 5.83. The smallest absolute Gasteiger partial charge is 0.317 e. The van der Waals surface area contributed by atoms with Gasteiger partial charge in [0.2, 0.25) is 5.91 Å². The lowest BCUT2D eigenvalue weighted by molar-refractivity contribution is -0.144. The minimum absolute atomic E-state index is 0.0199. The Bertz CT molecular complexity index is 312. The van der Waals surface area contributed by atoms with Crippen molar-refractivity contribution in [3.8, 4) is 0 Å². The van der Waals surface area contributed by atoms with Gasteiger partial charge in [-0.05, 0) is 19.8 Å². The molecule has 1 unspecified atom stereocenters. The molecule has 0 fully saturated rings. The first kappa shape index (κ1) is 17.4. The van der Waals surface area contributed by atoms with Gasteiger partial charge in [0.15, 0.2) is 0 Å². The molecule has 0 bridgehead atoms. The normalized spacial score (nSPS) is 12.5. The molecule has 0 heterocycles. The van der Waals surface area contributed by atoms with Crippen LogP contribution in [0.25, 0.3) is 0 Å². The number of aliphatic carboxylic acids is 2. The maximum absolute atomic E-state index is 11.9. The first-order chi connectivity index (χ1) is 8.81. The van der Waals surface area contributed by atoms with Gasteiger partial charge in [-0.15, -0.1) is 0 Å². The van der Waals surface area contributed by atoms with Crippen molar-refractivity contribution in [3.05, 3.63) is 0 Å². The maximum Gasteiger partial charge on any atom is 0.317 e. The highest BCUT2D eigenvalue weighted by atomic mass is 16.4. The van der Waals surface area contributed by atoms with Crippen molar-refractivity contribution < 1.29 is 24.6 Å². The van der Waals surface area contributed by atoms with Gasteiger partial charge < -0.3 is 15.5 Å². The van der Waals surface area contributed by atoms with E-state index in [1.54, 1.807) is 0 Å². The van der Waals surface area contributed by atoms with Crippen molar-refractivity contribution in [2.45, 2.75) is 45.7 Å². The molecule has 0 saturated heterocycles. The van der Waals surface area contributed by atoms with Gasteiger partial charge >= 0.3 is 11.9 Å². The third-order valence-electron chi connectivity index (χ3n) is 2.94. The Morgan fingerprint density at radius 3 is 1.79 bits per heavy atom. The van der Waals surface area contributed by atoms with Crippen molar-refractivity contribution in [2.75, 3.05) is 13.1 Å². The van der Waals surface area contributed by atoms with E-state index < -0.39 is 31.1 Å². The number of amides is 1. The Morgan fingerprint density at radius 2 is 1.47 bits per heavy atom. The quantitative estimate of drug-likeness (QED) is 0.552. The third kappa shape index (κ3) is 6.76. The molecular weight excluding hydrogens is 252 g/mol. The van der Waals surface area contributed by atoms with Gasteiger partial charge in [-0.2, -0.15) is 0 Å². The van der Waals surface area contributed by atoms with Gasteiger partial charge in [-0.1, -0.05) is 13.8 Å². The molecule has 0 aromatic heterocycles. The van der Waals surface area contributed by atoms with Gasteiger partial charge in [0, 0.05) is 6.04 Å². The zero-order valence-electron chi connectivity index (χ0n) is 11.5. The Hall–Kier alpha value is -1.63. The molecule has 0 aliphatic heterocycles. The lowest BCUT2D eigenvalue weighted by Gasteiger charge is -2.26. The van der Waals surface area contributed by atoms with Crippen LogP contribution in [0.5, 0.6) is 0 Å². The fraction of sp³-hybridized carbons (Fsp3) is 0.750. The molecule has 0 rings (SSSR count). The molecule has 1 atom stereocenters. The molecule has 7 heteroatoms. The first-order valence-electron chi connectivity index (χ1n) is 6.29. The minimum atomic E-state index is -1.16. The Balaban J connectivity index is 4.67. The average Bonchev–Trinajstić information content (AvgIpc) is 2.32. The summed E-state index contributed by atoms with van der Waals surface area (Å²) in [5.74, 6) is -2.68. The Kier molecular flexibility index (Phi) is 7.74. The van der Waals surface area contributed by atoms with Gasteiger partial charge in [0.05, 0.1) is 19.1 Å². The molecule has 0 spiro atoms. The van der Waals surface area contributed by atoms with E-state index in [-0.39, 0.29) is 11.9 Å². The average molecular weight is 274 g/mol. The van der Waals surface area contributed by atoms with E-state index in [0.29, 0.717) is 0 Å². The number of carbonyl (C=O) groups excluding carboxylic acids is 1. The van der Waals surface area contributed by atoms with Gasteiger partial charge in [-0.3, -0.25) is 19.3 Å².